The van der Waals surface area contributed by atoms with Crippen molar-refractivity contribution >= 4 is 23.0 Å². The molecule has 0 spiro atoms. The molecule has 0 fully saturated rings. The van der Waals surface area contributed by atoms with Crippen LogP contribution in [0.3, 0.4) is 0 Å². The number of benzene rings is 2. The van der Waals surface area contributed by atoms with Gasteiger partial charge in [-0.3, -0.25) is 9.59 Å². The van der Waals surface area contributed by atoms with E-state index < -0.39 is 11.7 Å². The van der Waals surface area contributed by atoms with Crippen LogP contribution in [0.4, 0.5) is 4.39 Å². The summed E-state index contributed by atoms with van der Waals surface area (Å²) in [6.07, 6.45) is 3.34. The predicted octanol–water partition coefficient (Wildman–Crippen LogP) is 4.00. The van der Waals surface area contributed by atoms with Gasteiger partial charge in [0, 0.05) is 31.0 Å². The van der Waals surface area contributed by atoms with Crippen LogP contribution in [0.15, 0.2) is 59.7 Å². The predicted molar refractivity (Wildman–Crippen MR) is 118 cm³/mol. The summed E-state index contributed by atoms with van der Waals surface area (Å²) in [6.45, 7) is 4.56. The van der Waals surface area contributed by atoms with Gasteiger partial charge in [0.15, 0.2) is 0 Å². The number of amides is 1. The number of hydrogen-bond acceptors (Lipinski definition) is 3. The van der Waals surface area contributed by atoms with Crippen molar-refractivity contribution in [2.75, 3.05) is 6.54 Å². The molecule has 2 aromatic heterocycles. The first kappa shape index (κ1) is 20.8. The lowest BCUT2D eigenvalue weighted by atomic mass is 10.0. The second kappa shape index (κ2) is 8.35. The van der Waals surface area contributed by atoms with Crippen LogP contribution < -0.4 is 10.9 Å². The third-order valence-electron chi connectivity index (χ3n) is 5.22. The number of halogens is 2. The van der Waals surface area contributed by atoms with Crippen LogP contribution in [0.2, 0.25) is 5.02 Å². The molecule has 8 heteroatoms. The highest BCUT2D eigenvalue weighted by Gasteiger charge is 2.12. The second-order valence-electron chi connectivity index (χ2n) is 7.34. The number of carbonyl (C=O) groups is 1. The lowest BCUT2D eigenvalue weighted by Crippen LogP contribution is -2.31. The number of aryl methyl sites for hydroxylation is 2. The smallest absolute Gasteiger partial charge is 0.276 e. The number of rotatable bonds is 5. The van der Waals surface area contributed by atoms with Gasteiger partial charge in [0.05, 0.1) is 16.3 Å². The molecule has 2 aromatic carbocycles. The van der Waals surface area contributed by atoms with Crippen molar-refractivity contribution < 1.29 is 9.18 Å². The highest BCUT2D eigenvalue weighted by molar-refractivity contribution is 6.33. The topological polar surface area (TPSA) is 68.4 Å². The highest BCUT2D eigenvalue weighted by Crippen LogP contribution is 2.21. The molecule has 0 aliphatic carbocycles. The van der Waals surface area contributed by atoms with Crippen molar-refractivity contribution in [2.45, 2.75) is 20.4 Å². The Labute approximate surface area is 182 Å². The molecule has 1 N–H and O–H groups in total. The number of carbonyl (C=O) groups excluding carboxylic acids is 1. The fourth-order valence-corrected chi connectivity index (χ4v) is 3.56. The summed E-state index contributed by atoms with van der Waals surface area (Å²) < 4.78 is 16.2. The van der Waals surface area contributed by atoms with Crippen molar-refractivity contribution in [1.29, 1.82) is 0 Å². The van der Waals surface area contributed by atoms with Crippen molar-refractivity contribution in [1.82, 2.24) is 19.5 Å². The van der Waals surface area contributed by atoms with E-state index in [2.05, 4.69) is 10.4 Å². The number of fused-ring (bicyclic) bond motifs is 1. The Kier molecular flexibility index (Phi) is 5.61. The van der Waals surface area contributed by atoms with Crippen LogP contribution in [-0.2, 0) is 6.54 Å². The van der Waals surface area contributed by atoms with Crippen molar-refractivity contribution in [2.24, 2.45) is 0 Å². The maximum Gasteiger partial charge on any atom is 0.276 e. The molecule has 0 aliphatic rings. The van der Waals surface area contributed by atoms with Crippen LogP contribution in [0, 0.1) is 19.7 Å². The summed E-state index contributed by atoms with van der Waals surface area (Å²) >= 11 is 5.92. The molecule has 0 aliphatic heterocycles. The zero-order valence-electron chi connectivity index (χ0n) is 17.0. The van der Waals surface area contributed by atoms with Crippen LogP contribution in [-0.4, -0.2) is 26.6 Å². The molecular weight excluding hydrogens is 419 g/mol. The lowest BCUT2D eigenvalue weighted by Gasteiger charge is -2.09. The average Bonchev–Trinajstić information content (AvgIpc) is 3.17. The Bertz CT molecular complexity index is 1360. The van der Waals surface area contributed by atoms with Gasteiger partial charge < -0.3 is 9.88 Å². The maximum atomic E-state index is 13.1. The van der Waals surface area contributed by atoms with Gasteiger partial charge in [0.2, 0.25) is 0 Å². The van der Waals surface area contributed by atoms with E-state index in [9.17, 15) is 14.0 Å². The van der Waals surface area contributed by atoms with E-state index in [-0.39, 0.29) is 29.2 Å². The molecule has 0 bridgehead atoms. The first-order chi connectivity index (χ1) is 14.8. The Morgan fingerprint density at radius 2 is 1.90 bits per heavy atom. The fraction of sp³-hybridized carbons (Fsp3) is 0.174. The number of aromatic nitrogens is 3. The number of nitrogens with zero attached hydrogens (tertiary/aromatic N) is 3. The zero-order valence-corrected chi connectivity index (χ0v) is 17.8. The molecule has 158 valence electrons. The Balaban J connectivity index is 1.51. The van der Waals surface area contributed by atoms with Crippen LogP contribution in [0.5, 0.6) is 0 Å². The van der Waals surface area contributed by atoms with E-state index in [0.29, 0.717) is 5.52 Å². The number of nitrogens with one attached hydrogen (secondary N) is 1. The molecule has 6 nitrogen and oxygen atoms in total. The van der Waals surface area contributed by atoms with Gasteiger partial charge in [-0.2, -0.15) is 5.10 Å². The molecule has 0 saturated heterocycles. The summed E-state index contributed by atoms with van der Waals surface area (Å²) in [7, 11) is 0. The van der Waals surface area contributed by atoms with Crippen molar-refractivity contribution in [3.63, 3.8) is 0 Å². The SMILES string of the molecule is Cc1ccc(-c2cc3c(=O)n(CCNC(=O)c4ccc(F)cc4Cl)ccn3n2)cc1C. The zero-order chi connectivity index (χ0) is 22.1. The van der Waals surface area contributed by atoms with E-state index >= 15 is 0 Å². The summed E-state index contributed by atoms with van der Waals surface area (Å²) in [4.78, 5) is 25.1. The van der Waals surface area contributed by atoms with E-state index in [0.717, 1.165) is 22.9 Å². The minimum Gasteiger partial charge on any atom is -0.350 e. The minimum absolute atomic E-state index is 0.0363. The van der Waals surface area contributed by atoms with E-state index in [1.54, 1.807) is 23.0 Å². The van der Waals surface area contributed by atoms with E-state index in [1.165, 1.54) is 22.3 Å². The molecular formula is C23H20ClFN4O2. The summed E-state index contributed by atoms with van der Waals surface area (Å²) in [5.41, 5.74) is 4.43. The quantitative estimate of drug-likeness (QED) is 0.512. The summed E-state index contributed by atoms with van der Waals surface area (Å²) in [6, 6.07) is 11.4. The fourth-order valence-electron chi connectivity index (χ4n) is 3.30. The average molecular weight is 439 g/mol. The summed E-state index contributed by atoms with van der Waals surface area (Å²) in [5.74, 6) is -0.942. The van der Waals surface area contributed by atoms with Gasteiger partial charge in [-0.25, -0.2) is 8.91 Å². The van der Waals surface area contributed by atoms with Gasteiger partial charge in [0.25, 0.3) is 11.5 Å². The molecule has 0 atom stereocenters. The molecule has 2 heterocycles. The highest BCUT2D eigenvalue weighted by atomic mass is 35.5. The largest absolute Gasteiger partial charge is 0.350 e. The van der Waals surface area contributed by atoms with Crippen LogP contribution in [0.1, 0.15) is 21.5 Å². The molecule has 31 heavy (non-hydrogen) atoms. The molecule has 4 aromatic rings. The Morgan fingerprint density at radius 3 is 2.65 bits per heavy atom. The molecule has 0 saturated carbocycles. The standard InChI is InChI=1S/C23H20ClFN4O2/c1-14-3-4-16(11-15(14)2)20-13-21-23(31)28(9-10-29(21)27-20)8-7-26-22(30)18-6-5-17(25)12-19(18)24/h3-6,9-13H,7-8H2,1-2H3,(H,26,30). The molecule has 4 rings (SSSR count). The van der Waals surface area contributed by atoms with Gasteiger partial charge in [0.1, 0.15) is 11.3 Å². The maximum absolute atomic E-state index is 13.1. The van der Waals surface area contributed by atoms with Crippen molar-refractivity contribution in [3.05, 3.63) is 92.7 Å². The summed E-state index contributed by atoms with van der Waals surface area (Å²) in [5, 5.41) is 7.24. The minimum atomic E-state index is -0.512. The van der Waals surface area contributed by atoms with E-state index in [4.69, 9.17) is 11.6 Å². The van der Waals surface area contributed by atoms with Gasteiger partial charge >= 0.3 is 0 Å². The Morgan fingerprint density at radius 1 is 1.10 bits per heavy atom. The van der Waals surface area contributed by atoms with Gasteiger partial charge in [-0.15, -0.1) is 0 Å². The Hall–Kier alpha value is -3.45. The third kappa shape index (κ3) is 4.22. The monoisotopic (exact) mass is 438 g/mol. The molecule has 0 unspecified atom stereocenters. The lowest BCUT2D eigenvalue weighted by molar-refractivity contribution is 0.0952. The van der Waals surface area contributed by atoms with Crippen LogP contribution in [0.25, 0.3) is 16.8 Å². The van der Waals surface area contributed by atoms with Gasteiger partial charge in [-0.1, -0.05) is 23.7 Å². The third-order valence-corrected chi connectivity index (χ3v) is 5.53. The van der Waals surface area contributed by atoms with Gasteiger partial charge in [-0.05, 0) is 55.3 Å². The van der Waals surface area contributed by atoms with E-state index in [1.807, 2.05) is 32.0 Å². The first-order valence-corrected chi connectivity index (χ1v) is 10.1. The first-order valence-electron chi connectivity index (χ1n) is 9.73. The number of hydrogen-bond donors (Lipinski definition) is 1. The second-order valence-corrected chi connectivity index (χ2v) is 7.74. The normalized spacial score (nSPS) is 11.1. The molecule has 0 radical (unpaired) electrons. The molecule has 1 amide bonds. The van der Waals surface area contributed by atoms with Crippen LogP contribution >= 0.6 is 11.6 Å². The van der Waals surface area contributed by atoms with Crippen molar-refractivity contribution in [3.8, 4) is 11.3 Å².